The van der Waals surface area contributed by atoms with Crippen molar-refractivity contribution in [1.29, 1.82) is 0 Å². The average Bonchev–Trinajstić information content (AvgIpc) is 3.87. The summed E-state index contributed by atoms with van der Waals surface area (Å²) in [5.74, 6) is -0.303. The van der Waals surface area contributed by atoms with Gasteiger partial charge in [0.05, 0.1) is 48.5 Å². The summed E-state index contributed by atoms with van der Waals surface area (Å²) in [6, 6.07) is 16.8. The first-order chi connectivity index (χ1) is 25.0. The first kappa shape index (κ1) is 39.2. The highest BCUT2D eigenvalue weighted by Gasteiger charge is 2.44. The molecule has 0 bridgehead atoms. The molecular weight excluding hydrogens is 683 g/mol. The molecule has 2 aromatic carbocycles. The number of alkyl carbamates (subject to hydrolysis) is 1. The summed E-state index contributed by atoms with van der Waals surface area (Å²) in [5.41, 5.74) is 2.69. The first-order valence-electron chi connectivity index (χ1n) is 18.2. The number of amides is 4. The van der Waals surface area contributed by atoms with Crippen LogP contribution in [0, 0.1) is 11.8 Å². The Hall–Kier alpha value is -4.04. The minimum absolute atomic E-state index is 0.0204. The quantitative estimate of drug-likeness (QED) is 0.160. The van der Waals surface area contributed by atoms with Crippen LogP contribution < -0.4 is 16.0 Å². The van der Waals surface area contributed by atoms with E-state index in [9.17, 15) is 19.5 Å². The SMILES string of the molecule is CC(C)c1nc(CN(C)C(=O)N[C@H](C(=O)N[C@@H](Cc2ccccc2)C[C@H](O)[C@H](Cc2ccccc2)NC(=O)O[C@@H]2CO[C@@H]3OCC[C@@H]32)C(C)C)cs1. The molecule has 0 radical (unpaired) electrons. The summed E-state index contributed by atoms with van der Waals surface area (Å²) in [7, 11) is 1.68. The largest absolute Gasteiger partial charge is 0.443 e. The lowest BCUT2D eigenvalue weighted by Crippen LogP contribution is -2.56. The molecule has 52 heavy (non-hydrogen) atoms. The topological polar surface area (TPSA) is 151 Å². The number of nitrogens with one attached hydrogen (secondary N) is 3. The number of hydrogen-bond acceptors (Lipinski definition) is 9. The van der Waals surface area contributed by atoms with Crippen molar-refractivity contribution in [1.82, 2.24) is 25.8 Å². The lowest BCUT2D eigenvalue weighted by Gasteiger charge is -2.31. The van der Waals surface area contributed by atoms with Crippen molar-refractivity contribution in [3.8, 4) is 0 Å². The molecule has 4 N–H and O–H groups in total. The van der Waals surface area contributed by atoms with Gasteiger partial charge >= 0.3 is 12.1 Å². The van der Waals surface area contributed by atoms with Gasteiger partial charge in [0.1, 0.15) is 12.1 Å². The summed E-state index contributed by atoms with van der Waals surface area (Å²) in [6.45, 7) is 9.04. The molecule has 2 saturated heterocycles. The van der Waals surface area contributed by atoms with E-state index < -0.39 is 36.4 Å². The summed E-state index contributed by atoms with van der Waals surface area (Å²) < 4.78 is 17.0. The Labute approximate surface area is 310 Å². The van der Waals surface area contributed by atoms with E-state index in [0.29, 0.717) is 31.9 Å². The van der Waals surface area contributed by atoms with E-state index in [2.05, 4.69) is 34.8 Å². The molecule has 13 heteroatoms. The van der Waals surface area contributed by atoms with E-state index in [1.807, 2.05) is 79.9 Å². The van der Waals surface area contributed by atoms with E-state index in [0.717, 1.165) is 28.2 Å². The number of hydrogen-bond donors (Lipinski definition) is 4. The van der Waals surface area contributed by atoms with Gasteiger partial charge in [-0.3, -0.25) is 4.79 Å². The third kappa shape index (κ3) is 11.0. The third-order valence-corrected chi connectivity index (χ3v) is 10.7. The molecule has 5 rings (SSSR count). The van der Waals surface area contributed by atoms with Gasteiger partial charge in [0.25, 0.3) is 0 Å². The fraction of sp³-hybridized carbons (Fsp3) is 0.538. The maximum atomic E-state index is 13.9. The van der Waals surface area contributed by atoms with Gasteiger partial charge in [-0.05, 0) is 42.7 Å². The zero-order valence-electron chi connectivity index (χ0n) is 30.7. The number of aromatic nitrogens is 1. The molecule has 0 saturated carbocycles. The summed E-state index contributed by atoms with van der Waals surface area (Å²) in [4.78, 5) is 46.7. The van der Waals surface area contributed by atoms with E-state index in [-0.39, 0.29) is 43.1 Å². The molecule has 4 amide bonds. The van der Waals surface area contributed by atoms with Crippen LogP contribution in [-0.4, -0.2) is 89.9 Å². The molecule has 0 unspecified atom stereocenters. The standard InChI is InChI=1S/C39H53N5O7S/c1-24(2)34(43-38(47)44(5)21-29-23-52-36(41-29)25(3)4)35(46)40-28(18-26-12-8-6-9-13-26)20-32(45)31(19-27-14-10-7-11-15-27)42-39(48)51-33-22-50-37-30(33)16-17-49-37/h6-15,23-25,28,30-34,37,45H,16-22H2,1-5H3,(H,40,46)(H,42,48)(H,43,47)/t28-,30+,31-,32-,33+,34-,37-/m0/s1. The number of aliphatic hydroxyl groups is 1. The lowest BCUT2D eigenvalue weighted by atomic mass is 9.93. The number of carbonyl (C=O) groups excluding carboxylic acids is 3. The Kier molecular flexibility index (Phi) is 14.0. The molecule has 0 aliphatic carbocycles. The number of fused-ring (bicyclic) bond motifs is 1. The second-order valence-corrected chi connectivity index (χ2v) is 15.4. The maximum Gasteiger partial charge on any atom is 0.407 e. The third-order valence-electron chi connectivity index (χ3n) is 9.54. The molecular formula is C39H53N5O7S. The molecule has 0 spiro atoms. The number of aliphatic hydroxyl groups excluding tert-OH is 1. The van der Waals surface area contributed by atoms with Crippen LogP contribution in [0.3, 0.4) is 0 Å². The van der Waals surface area contributed by atoms with Crippen LogP contribution in [0.2, 0.25) is 0 Å². The van der Waals surface area contributed by atoms with E-state index >= 15 is 0 Å². The monoisotopic (exact) mass is 735 g/mol. The highest BCUT2D eigenvalue weighted by Crippen LogP contribution is 2.33. The highest BCUT2D eigenvalue weighted by molar-refractivity contribution is 7.09. The average molecular weight is 736 g/mol. The minimum atomic E-state index is -1.06. The lowest BCUT2D eigenvalue weighted by molar-refractivity contribution is -0.124. The number of benzene rings is 2. The van der Waals surface area contributed by atoms with Crippen molar-refractivity contribution in [2.75, 3.05) is 20.3 Å². The minimum Gasteiger partial charge on any atom is -0.443 e. The van der Waals surface area contributed by atoms with Crippen molar-refractivity contribution >= 4 is 29.4 Å². The number of urea groups is 1. The number of ether oxygens (including phenoxy) is 3. The van der Waals surface area contributed by atoms with Crippen LogP contribution in [0.4, 0.5) is 9.59 Å². The first-order valence-corrected chi connectivity index (χ1v) is 19.1. The summed E-state index contributed by atoms with van der Waals surface area (Å²) >= 11 is 1.57. The zero-order valence-corrected chi connectivity index (χ0v) is 31.5. The number of carbonyl (C=O) groups is 3. The van der Waals surface area contributed by atoms with Crippen molar-refractivity contribution in [2.45, 2.75) is 102 Å². The van der Waals surface area contributed by atoms with E-state index in [1.165, 1.54) is 4.90 Å². The van der Waals surface area contributed by atoms with Gasteiger partial charge in [0, 0.05) is 24.4 Å². The molecule has 7 atom stereocenters. The molecule has 282 valence electrons. The fourth-order valence-electron chi connectivity index (χ4n) is 6.61. The molecule has 2 fully saturated rings. The Morgan fingerprint density at radius 2 is 1.63 bits per heavy atom. The van der Waals surface area contributed by atoms with E-state index in [4.69, 9.17) is 14.2 Å². The van der Waals surface area contributed by atoms with Crippen molar-refractivity contribution < 1.29 is 33.7 Å². The molecule has 2 aliphatic rings. The van der Waals surface area contributed by atoms with Gasteiger partial charge < -0.3 is 40.2 Å². The molecule has 2 aliphatic heterocycles. The van der Waals surface area contributed by atoms with Gasteiger partial charge in [0.2, 0.25) is 5.91 Å². The summed E-state index contributed by atoms with van der Waals surface area (Å²) in [6.07, 6.45) is -0.854. The van der Waals surface area contributed by atoms with E-state index in [1.54, 1.807) is 18.4 Å². The fourth-order valence-corrected chi connectivity index (χ4v) is 7.44. The molecule has 3 aromatic rings. The number of rotatable bonds is 16. The van der Waals surface area contributed by atoms with Gasteiger partial charge in [0.15, 0.2) is 6.29 Å². The van der Waals surface area contributed by atoms with Crippen LogP contribution >= 0.6 is 11.3 Å². The predicted octanol–water partition coefficient (Wildman–Crippen LogP) is 5.01. The van der Waals surface area contributed by atoms with Gasteiger partial charge in [-0.1, -0.05) is 88.4 Å². The van der Waals surface area contributed by atoms with Crippen LogP contribution in [0.15, 0.2) is 66.0 Å². The Balaban J connectivity index is 1.27. The Morgan fingerprint density at radius 1 is 0.962 bits per heavy atom. The molecule has 12 nitrogen and oxygen atoms in total. The summed E-state index contributed by atoms with van der Waals surface area (Å²) in [5, 5.41) is 23.7. The normalized spacial score (nSPS) is 20.5. The van der Waals surface area contributed by atoms with Gasteiger partial charge in [-0.2, -0.15) is 0 Å². The van der Waals surface area contributed by atoms with Gasteiger partial charge in [-0.15, -0.1) is 11.3 Å². The maximum absolute atomic E-state index is 13.9. The predicted molar refractivity (Wildman–Crippen MR) is 199 cm³/mol. The van der Waals surface area contributed by atoms with Crippen LogP contribution in [0.5, 0.6) is 0 Å². The van der Waals surface area contributed by atoms with Crippen molar-refractivity contribution in [3.63, 3.8) is 0 Å². The second kappa shape index (κ2) is 18.6. The number of thiazole rings is 1. The Bertz CT molecular complexity index is 1590. The number of nitrogens with zero attached hydrogens (tertiary/aromatic N) is 2. The van der Waals surface area contributed by atoms with Crippen molar-refractivity contribution in [2.24, 2.45) is 11.8 Å². The molecule has 1 aromatic heterocycles. The van der Waals surface area contributed by atoms with Gasteiger partial charge in [-0.25, -0.2) is 14.6 Å². The van der Waals surface area contributed by atoms with Crippen LogP contribution in [-0.2, 0) is 38.4 Å². The zero-order chi connectivity index (χ0) is 37.2. The Morgan fingerprint density at radius 3 is 2.27 bits per heavy atom. The smallest absolute Gasteiger partial charge is 0.407 e. The molecule has 3 heterocycles. The second-order valence-electron chi connectivity index (χ2n) is 14.5. The highest BCUT2D eigenvalue weighted by atomic mass is 32.1. The van der Waals surface area contributed by atoms with Crippen LogP contribution in [0.1, 0.15) is 68.3 Å². The van der Waals surface area contributed by atoms with Crippen molar-refractivity contribution in [3.05, 3.63) is 87.9 Å². The van der Waals surface area contributed by atoms with Crippen LogP contribution in [0.25, 0.3) is 0 Å².